The van der Waals surface area contributed by atoms with Crippen LogP contribution in [0.4, 0.5) is 4.79 Å². The Labute approximate surface area is 121 Å². The van der Waals surface area contributed by atoms with Crippen molar-refractivity contribution >= 4 is 12.0 Å². The minimum absolute atomic E-state index is 0.165. The maximum Gasteiger partial charge on any atom is 0.317 e. The monoisotopic (exact) mass is 285 g/mol. The summed E-state index contributed by atoms with van der Waals surface area (Å²) >= 11 is 0. The summed E-state index contributed by atoms with van der Waals surface area (Å²) in [6.45, 7) is 1.60. The molecule has 116 valence electrons. The van der Waals surface area contributed by atoms with Crippen LogP contribution in [0, 0.1) is 5.92 Å². The first-order valence-corrected chi connectivity index (χ1v) is 7.31. The third kappa shape index (κ3) is 5.36. The van der Waals surface area contributed by atoms with Gasteiger partial charge in [0.25, 0.3) is 0 Å². The van der Waals surface area contributed by atoms with Crippen molar-refractivity contribution in [3.63, 3.8) is 0 Å². The SMILES string of the molecule is CN(C)CCCN(C)C(=O)NC1CCCCC1C(=O)O. The summed E-state index contributed by atoms with van der Waals surface area (Å²) in [5, 5.41) is 12.1. The lowest BCUT2D eigenvalue weighted by Gasteiger charge is -2.31. The number of carboxylic acid groups (broad SMARTS) is 1. The molecule has 6 nitrogen and oxygen atoms in total. The molecule has 0 aliphatic heterocycles. The van der Waals surface area contributed by atoms with Crippen LogP contribution in [0.1, 0.15) is 32.1 Å². The largest absolute Gasteiger partial charge is 0.481 e. The van der Waals surface area contributed by atoms with Crippen molar-refractivity contribution in [3.8, 4) is 0 Å². The normalized spacial score (nSPS) is 22.6. The number of carbonyl (C=O) groups is 2. The average Bonchev–Trinajstić information content (AvgIpc) is 2.38. The van der Waals surface area contributed by atoms with Crippen LogP contribution in [0.5, 0.6) is 0 Å². The van der Waals surface area contributed by atoms with Gasteiger partial charge in [0.15, 0.2) is 0 Å². The fraction of sp³-hybridized carbons (Fsp3) is 0.857. The molecule has 2 amide bonds. The number of hydrogen-bond donors (Lipinski definition) is 2. The highest BCUT2D eigenvalue weighted by atomic mass is 16.4. The van der Waals surface area contributed by atoms with Gasteiger partial charge in [0.05, 0.1) is 5.92 Å². The highest BCUT2D eigenvalue weighted by Crippen LogP contribution is 2.24. The molecule has 2 atom stereocenters. The summed E-state index contributed by atoms with van der Waals surface area (Å²) in [5.74, 6) is -1.24. The third-order valence-corrected chi connectivity index (χ3v) is 3.84. The van der Waals surface area contributed by atoms with Crippen LogP contribution in [0.15, 0.2) is 0 Å². The Hall–Kier alpha value is -1.30. The zero-order valence-corrected chi connectivity index (χ0v) is 12.8. The van der Waals surface area contributed by atoms with Crippen LogP contribution in [0.3, 0.4) is 0 Å². The van der Waals surface area contributed by atoms with Crippen molar-refractivity contribution < 1.29 is 14.7 Å². The number of nitrogens with one attached hydrogen (secondary N) is 1. The van der Waals surface area contributed by atoms with Crippen LogP contribution < -0.4 is 5.32 Å². The van der Waals surface area contributed by atoms with Gasteiger partial charge in [-0.15, -0.1) is 0 Å². The highest BCUT2D eigenvalue weighted by molar-refractivity contribution is 5.76. The summed E-state index contributed by atoms with van der Waals surface area (Å²) in [7, 11) is 5.75. The van der Waals surface area contributed by atoms with Gasteiger partial charge in [-0.25, -0.2) is 4.79 Å². The second kappa shape index (κ2) is 8.09. The maximum absolute atomic E-state index is 12.1. The van der Waals surface area contributed by atoms with E-state index in [-0.39, 0.29) is 12.1 Å². The second-order valence-electron chi connectivity index (χ2n) is 5.86. The quantitative estimate of drug-likeness (QED) is 0.769. The van der Waals surface area contributed by atoms with Crippen molar-refractivity contribution in [2.24, 2.45) is 5.92 Å². The Morgan fingerprint density at radius 1 is 1.15 bits per heavy atom. The van der Waals surface area contributed by atoms with E-state index < -0.39 is 11.9 Å². The number of carboxylic acids is 1. The van der Waals surface area contributed by atoms with Gasteiger partial charge < -0.3 is 20.2 Å². The molecule has 1 aliphatic rings. The Balaban J connectivity index is 2.40. The summed E-state index contributed by atoms with van der Waals surface area (Å²) in [4.78, 5) is 27.0. The Bertz CT molecular complexity index is 334. The fourth-order valence-electron chi connectivity index (χ4n) is 2.59. The van der Waals surface area contributed by atoms with E-state index in [0.29, 0.717) is 13.0 Å². The summed E-state index contributed by atoms with van der Waals surface area (Å²) < 4.78 is 0. The lowest BCUT2D eigenvalue weighted by atomic mass is 9.84. The van der Waals surface area contributed by atoms with Crippen molar-refractivity contribution in [1.29, 1.82) is 0 Å². The van der Waals surface area contributed by atoms with Crippen LogP contribution in [0.2, 0.25) is 0 Å². The summed E-state index contributed by atoms with van der Waals surface area (Å²) in [5.41, 5.74) is 0. The number of aliphatic carboxylic acids is 1. The molecule has 1 aliphatic carbocycles. The molecule has 1 rings (SSSR count). The first-order chi connectivity index (χ1) is 9.41. The van der Waals surface area contributed by atoms with Gasteiger partial charge in [-0.1, -0.05) is 12.8 Å². The average molecular weight is 285 g/mol. The van der Waals surface area contributed by atoms with E-state index in [2.05, 4.69) is 10.2 Å². The second-order valence-corrected chi connectivity index (χ2v) is 5.86. The van der Waals surface area contributed by atoms with E-state index in [0.717, 1.165) is 32.2 Å². The summed E-state index contributed by atoms with van der Waals surface area (Å²) in [6, 6.07) is -0.396. The molecule has 2 N–H and O–H groups in total. The van der Waals surface area contributed by atoms with Crippen LogP contribution in [0.25, 0.3) is 0 Å². The van der Waals surface area contributed by atoms with Gasteiger partial charge in [-0.2, -0.15) is 0 Å². The fourth-order valence-corrected chi connectivity index (χ4v) is 2.59. The van der Waals surface area contributed by atoms with E-state index in [1.807, 2.05) is 14.1 Å². The van der Waals surface area contributed by atoms with Gasteiger partial charge >= 0.3 is 12.0 Å². The van der Waals surface area contributed by atoms with Crippen molar-refractivity contribution in [2.45, 2.75) is 38.1 Å². The van der Waals surface area contributed by atoms with E-state index in [4.69, 9.17) is 0 Å². The number of urea groups is 1. The van der Waals surface area contributed by atoms with Crippen molar-refractivity contribution in [2.75, 3.05) is 34.2 Å². The van der Waals surface area contributed by atoms with Crippen LogP contribution in [-0.2, 0) is 4.79 Å². The molecule has 0 saturated heterocycles. The minimum atomic E-state index is -0.801. The first kappa shape index (κ1) is 16.8. The van der Waals surface area contributed by atoms with E-state index in [1.54, 1.807) is 11.9 Å². The molecular weight excluding hydrogens is 258 g/mol. The maximum atomic E-state index is 12.1. The van der Waals surface area contributed by atoms with Gasteiger partial charge in [-0.05, 0) is 39.9 Å². The summed E-state index contributed by atoms with van der Waals surface area (Å²) in [6.07, 6.45) is 4.24. The van der Waals surface area contributed by atoms with E-state index in [1.165, 1.54) is 0 Å². The Morgan fingerprint density at radius 3 is 2.40 bits per heavy atom. The molecule has 1 fully saturated rings. The van der Waals surface area contributed by atoms with Crippen LogP contribution in [-0.4, -0.2) is 67.2 Å². The highest BCUT2D eigenvalue weighted by Gasteiger charge is 2.32. The van der Waals surface area contributed by atoms with E-state index >= 15 is 0 Å². The van der Waals surface area contributed by atoms with Gasteiger partial charge in [0.1, 0.15) is 0 Å². The topological polar surface area (TPSA) is 72.9 Å². The molecule has 0 bridgehead atoms. The lowest BCUT2D eigenvalue weighted by Crippen LogP contribution is -2.49. The molecule has 0 aromatic heterocycles. The first-order valence-electron chi connectivity index (χ1n) is 7.31. The van der Waals surface area contributed by atoms with Crippen molar-refractivity contribution in [1.82, 2.24) is 15.1 Å². The van der Waals surface area contributed by atoms with Crippen LogP contribution >= 0.6 is 0 Å². The standard InChI is InChI=1S/C14H27N3O3/c1-16(2)9-6-10-17(3)14(20)15-12-8-5-4-7-11(12)13(18)19/h11-12H,4-10H2,1-3H3,(H,15,20)(H,18,19). The predicted octanol–water partition coefficient (Wildman–Crippen LogP) is 1.22. The zero-order valence-electron chi connectivity index (χ0n) is 12.8. The number of carbonyl (C=O) groups excluding carboxylic acids is 1. The number of rotatable bonds is 6. The van der Waals surface area contributed by atoms with Gasteiger partial charge in [0, 0.05) is 19.6 Å². The van der Waals surface area contributed by atoms with Gasteiger partial charge in [-0.3, -0.25) is 4.79 Å². The third-order valence-electron chi connectivity index (χ3n) is 3.84. The molecule has 0 heterocycles. The lowest BCUT2D eigenvalue weighted by molar-refractivity contribution is -0.143. The predicted molar refractivity (Wildman–Crippen MR) is 77.7 cm³/mol. The zero-order chi connectivity index (χ0) is 15.1. The van der Waals surface area contributed by atoms with E-state index in [9.17, 15) is 14.7 Å². The smallest absolute Gasteiger partial charge is 0.317 e. The Morgan fingerprint density at radius 2 is 1.80 bits per heavy atom. The molecule has 0 radical (unpaired) electrons. The molecule has 6 heteroatoms. The van der Waals surface area contributed by atoms with Gasteiger partial charge in [0.2, 0.25) is 0 Å². The minimum Gasteiger partial charge on any atom is -0.481 e. The molecule has 2 unspecified atom stereocenters. The molecule has 0 aromatic rings. The molecule has 0 aromatic carbocycles. The number of hydrogen-bond acceptors (Lipinski definition) is 3. The molecule has 20 heavy (non-hydrogen) atoms. The van der Waals surface area contributed by atoms with Crippen molar-refractivity contribution in [3.05, 3.63) is 0 Å². The Kier molecular flexibility index (Phi) is 6.78. The number of amides is 2. The number of nitrogens with zero attached hydrogens (tertiary/aromatic N) is 2. The molecule has 1 saturated carbocycles. The molecular formula is C14H27N3O3. The molecule has 0 spiro atoms.